The fraction of sp³-hybridized carbons (Fsp3) is 0. The van der Waals surface area contributed by atoms with E-state index in [0.29, 0.717) is 0 Å². The fourth-order valence-electron chi connectivity index (χ4n) is 2.36. The van der Waals surface area contributed by atoms with Gasteiger partial charge in [0.25, 0.3) is 0 Å². The first-order valence-electron chi connectivity index (χ1n) is 7.94. The van der Waals surface area contributed by atoms with Gasteiger partial charge in [0, 0.05) is 17.3 Å². The molecule has 0 bridgehead atoms. The van der Waals surface area contributed by atoms with Crippen LogP contribution in [0.2, 0.25) is 0 Å². The van der Waals surface area contributed by atoms with E-state index >= 15 is 0 Å². The van der Waals surface area contributed by atoms with E-state index in [0.717, 1.165) is 32.0 Å². The number of fused-ring (bicyclic) bond motifs is 1. The number of para-hydroxylation sites is 1. The molecule has 0 saturated carbocycles. The monoisotopic (exact) mass is 338 g/mol. The van der Waals surface area contributed by atoms with Crippen LogP contribution in [-0.4, -0.2) is 11.2 Å². The minimum Gasteiger partial charge on any atom is -0.227 e. The van der Waals surface area contributed by atoms with E-state index in [1.54, 1.807) is 11.3 Å². The standard InChI is InChI=1S/C22H14N2S/c1-2-6-17(7-3-1)10-11-18-12-14-19(15-13-18)16-23-22-24-20-8-4-5-9-21(20)25-22/h1-9,12-16H. The van der Waals surface area contributed by atoms with Crippen LogP contribution in [0, 0.1) is 11.8 Å². The summed E-state index contributed by atoms with van der Waals surface area (Å²) in [4.78, 5) is 8.99. The lowest BCUT2D eigenvalue weighted by Crippen LogP contribution is -1.81. The first-order chi connectivity index (χ1) is 12.4. The average Bonchev–Trinajstić information content (AvgIpc) is 3.09. The number of aromatic nitrogens is 1. The summed E-state index contributed by atoms with van der Waals surface area (Å²) in [5, 5.41) is 0.772. The van der Waals surface area contributed by atoms with Crippen molar-refractivity contribution in [2.45, 2.75) is 0 Å². The zero-order valence-corrected chi connectivity index (χ0v) is 14.2. The maximum Gasteiger partial charge on any atom is 0.210 e. The van der Waals surface area contributed by atoms with E-state index in [4.69, 9.17) is 0 Å². The summed E-state index contributed by atoms with van der Waals surface area (Å²) in [6.07, 6.45) is 1.84. The predicted molar refractivity (Wildman–Crippen MR) is 106 cm³/mol. The van der Waals surface area contributed by atoms with Crippen LogP contribution < -0.4 is 0 Å². The molecule has 0 aliphatic rings. The molecule has 2 nitrogen and oxygen atoms in total. The van der Waals surface area contributed by atoms with E-state index in [1.807, 2.05) is 79.0 Å². The molecule has 0 radical (unpaired) electrons. The summed E-state index contributed by atoms with van der Waals surface area (Å²) in [6, 6.07) is 26.1. The summed E-state index contributed by atoms with van der Waals surface area (Å²) in [7, 11) is 0. The Morgan fingerprint density at radius 3 is 2.20 bits per heavy atom. The van der Waals surface area contributed by atoms with Gasteiger partial charge in [-0.25, -0.2) is 9.98 Å². The Hall–Kier alpha value is -3.22. The molecule has 0 aliphatic carbocycles. The number of benzene rings is 3. The van der Waals surface area contributed by atoms with Gasteiger partial charge in [0.2, 0.25) is 5.13 Å². The van der Waals surface area contributed by atoms with E-state index in [9.17, 15) is 0 Å². The van der Waals surface area contributed by atoms with Crippen LogP contribution in [0.15, 0.2) is 83.9 Å². The molecule has 0 spiro atoms. The SMILES string of the molecule is C(#Cc1ccc(C=Nc2nc3ccccc3s2)cc1)c1ccccc1. The number of thiazole rings is 1. The summed E-state index contributed by atoms with van der Waals surface area (Å²) < 4.78 is 1.15. The molecule has 0 unspecified atom stereocenters. The van der Waals surface area contributed by atoms with Crippen molar-refractivity contribution in [3.05, 3.63) is 95.6 Å². The highest BCUT2D eigenvalue weighted by molar-refractivity contribution is 7.22. The van der Waals surface area contributed by atoms with Gasteiger partial charge < -0.3 is 0 Å². The van der Waals surface area contributed by atoms with Crippen LogP contribution in [0.4, 0.5) is 5.13 Å². The number of hydrogen-bond donors (Lipinski definition) is 0. The van der Waals surface area contributed by atoms with Crippen molar-refractivity contribution in [3.8, 4) is 11.8 Å². The van der Waals surface area contributed by atoms with E-state index < -0.39 is 0 Å². The van der Waals surface area contributed by atoms with Gasteiger partial charge >= 0.3 is 0 Å². The lowest BCUT2D eigenvalue weighted by molar-refractivity contribution is 1.41. The molecule has 0 aliphatic heterocycles. The first kappa shape index (κ1) is 15.3. The van der Waals surface area contributed by atoms with Gasteiger partial charge in [-0.1, -0.05) is 65.6 Å². The summed E-state index contributed by atoms with van der Waals surface area (Å²) >= 11 is 1.59. The molecule has 1 heterocycles. The molecule has 4 aromatic rings. The smallest absolute Gasteiger partial charge is 0.210 e. The Labute approximate surface area is 150 Å². The highest BCUT2D eigenvalue weighted by atomic mass is 32.1. The number of hydrogen-bond acceptors (Lipinski definition) is 3. The summed E-state index contributed by atoms with van der Waals surface area (Å²) in [6.45, 7) is 0. The van der Waals surface area contributed by atoms with Crippen molar-refractivity contribution in [2.75, 3.05) is 0 Å². The normalized spacial score (nSPS) is 10.7. The summed E-state index contributed by atoms with van der Waals surface area (Å²) in [5.74, 6) is 6.34. The van der Waals surface area contributed by atoms with Crippen molar-refractivity contribution in [1.29, 1.82) is 0 Å². The van der Waals surface area contributed by atoms with Gasteiger partial charge in [0.15, 0.2) is 0 Å². The number of nitrogens with zero attached hydrogens (tertiary/aromatic N) is 2. The number of rotatable bonds is 2. The Bertz CT molecular complexity index is 1050. The van der Waals surface area contributed by atoms with Crippen molar-refractivity contribution in [1.82, 2.24) is 4.98 Å². The van der Waals surface area contributed by atoms with E-state index in [2.05, 4.69) is 27.9 Å². The fourth-order valence-corrected chi connectivity index (χ4v) is 3.17. The molecule has 0 fully saturated rings. The third kappa shape index (κ3) is 3.82. The molecular formula is C22H14N2S. The molecule has 4 rings (SSSR count). The molecule has 0 atom stereocenters. The molecule has 0 amide bonds. The van der Waals surface area contributed by atoms with Crippen LogP contribution in [0.1, 0.15) is 16.7 Å². The maximum absolute atomic E-state index is 4.51. The predicted octanol–water partition coefficient (Wildman–Crippen LogP) is 5.45. The quantitative estimate of drug-likeness (QED) is 0.352. The van der Waals surface area contributed by atoms with Gasteiger partial charge in [0.1, 0.15) is 0 Å². The Morgan fingerprint density at radius 2 is 1.44 bits per heavy atom. The van der Waals surface area contributed by atoms with Gasteiger partial charge in [-0.2, -0.15) is 0 Å². The maximum atomic E-state index is 4.51. The van der Waals surface area contributed by atoms with E-state index in [1.165, 1.54) is 0 Å². The first-order valence-corrected chi connectivity index (χ1v) is 8.75. The van der Waals surface area contributed by atoms with Crippen LogP contribution in [-0.2, 0) is 0 Å². The van der Waals surface area contributed by atoms with Crippen LogP contribution in [0.25, 0.3) is 10.2 Å². The molecule has 3 aromatic carbocycles. The Balaban J connectivity index is 1.49. The minimum absolute atomic E-state index is 0.772. The zero-order valence-electron chi connectivity index (χ0n) is 13.4. The molecule has 0 saturated heterocycles. The van der Waals surface area contributed by atoms with Crippen LogP contribution >= 0.6 is 11.3 Å². The molecule has 25 heavy (non-hydrogen) atoms. The second-order valence-electron chi connectivity index (χ2n) is 5.46. The van der Waals surface area contributed by atoms with Gasteiger partial charge in [-0.05, 0) is 42.0 Å². The summed E-state index contributed by atoms with van der Waals surface area (Å²) in [5.41, 5.74) is 4.03. The lowest BCUT2D eigenvalue weighted by Gasteiger charge is -1.93. The van der Waals surface area contributed by atoms with Crippen LogP contribution in [0.3, 0.4) is 0 Å². The third-order valence-electron chi connectivity index (χ3n) is 3.64. The van der Waals surface area contributed by atoms with E-state index in [-0.39, 0.29) is 0 Å². The zero-order chi connectivity index (χ0) is 16.9. The largest absolute Gasteiger partial charge is 0.227 e. The van der Waals surface area contributed by atoms with Crippen molar-refractivity contribution < 1.29 is 0 Å². The van der Waals surface area contributed by atoms with Gasteiger partial charge in [-0.3, -0.25) is 0 Å². The molecule has 118 valence electrons. The Morgan fingerprint density at radius 1 is 0.760 bits per heavy atom. The minimum atomic E-state index is 0.772. The molecule has 3 heteroatoms. The van der Waals surface area contributed by atoms with Crippen molar-refractivity contribution >= 4 is 32.9 Å². The topological polar surface area (TPSA) is 25.2 Å². The molecule has 1 aromatic heterocycles. The van der Waals surface area contributed by atoms with Crippen LogP contribution in [0.5, 0.6) is 0 Å². The van der Waals surface area contributed by atoms with Gasteiger partial charge in [0.05, 0.1) is 10.2 Å². The highest BCUT2D eigenvalue weighted by Crippen LogP contribution is 2.27. The van der Waals surface area contributed by atoms with Gasteiger partial charge in [-0.15, -0.1) is 0 Å². The van der Waals surface area contributed by atoms with Crippen molar-refractivity contribution in [3.63, 3.8) is 0 Å². The average molecular weight is 338 g/mol. The lowest BCUT2D eigenvalue weighted by atomic mass is 10.1. The van der Waals surface area contributed by atoms with Crippen molar-refractivity contribution in [2.24, 2.45) is 4.99 Å². The third-order valence-corrected chi connectivity index (χ3v) is 4.59. The number of aliphatic imine (C=N–C) groups is 1. The second-order valence-corrected chi connectivity index (χ2v) is 6.47. The highest BCUT2D eigenvalue weighted by Gasteiger charge is 2.00. The second kappa shape index (κ2) is 7.12. The Kier molecular flexibility index (Phi) is 4.37. The molecular weight excluding hydrogens is 324 g/mol. The molecule has 0 N–H and O–H groups in total.